The van der Waals surface area contributed by atoms with Gasteiger partial charge in [-0.3, -0.25) is 19.2 Å². The van der Waals surface area contributed by atoms with E-state index in [9.17, 15) is 32.3 Å². The number of hydrogen-bond donors (Lipinski definition) is 3. The molecule has 10 nitrogen and oxygen atoms in total. The molecule has 0 atom stereocenters. The van der Waals surface area contributed by atoms with E-state index in [0.717, 1.165) is 24.3 Å². The Balaban J connectivity index is 1.65. The molecule has 1 saturated heterocycles. The van der Waals surface area contributed by atoms with Crippen molar-refractivity contribution >= 4 is 47.0 Å². The van der Waals surface area contributed by atoms with Crippen molar-refractivity contribution in [3.63, 3.8) is 0 Å². The third kappa shape index (κ3) is 9.73. The fraction of sp³-hybridized carbons (Fsp3) is 0.448. The van der Waals surface area contributed by atoms with Crippen LogP contribution in [-0.4, -0.2) is 60.6 Å². The third-order valence-electron chi connectivity index (χ3n) is 6.80. The van der Waals surface area contributed by atoms with Crippen LogP contribution >= 0.6 is 23.2 Å². The number of benzene rings is 2. The predicted octanol–water partition coefficient (Wildman–Crippen LogP) is 5.12. The molecule has 1 fully saturated rings. The monoisotopic (exact) mass is 660 g/mol. The topological polar surface area (TPSA) is 126 Å². The molecule has 2 aromatic carbocycles. The van der Waals surface area contributed by atoms with Gasteiger partial charge in [-0.25, -0.2) is 10.3 Å². The number of carbonyl (C=O) groups excluding carboxylic acids is 4. The van der Waals surface area contributed by atoms with E-state index in [1.54, 1.807) is 39.0 Å². The van der Waals surface area contributed by atoms with Crippen molar-refractivity contribution in [3.8, 4) is 0 Å². The molecule has 0 unspecified atom stereocenters. The molecular formula is C29H33Cl2F3N4O6. The summed E-state index contributed by atoms with van der Waals surface area (Å²) in [5, 5.41) is 5.82. The zero-order valence-electron chi connectivity index (χ0n) is 24.3. The van der Waals surface area contributed by atoms with Gasteiger partial charge in [0.05, 0.1) is 27.6 Å². The Morgan fingerprint density at radius 1 is 0.955 bits per heavy atom. The van der Waals surface area contributed by atoms with Gasteiger partial charge in [-0.15, -0.1) is 0 Å². The number of nitrogens with one attached hydrogen (secondary N) is 3. The Hall–Kier alpha value is -3.55. The number of ether oxygens (including phenoxy) is 1. The van der Waals surface area contributed by atoms with Gasteiger partial charge < -0.3 is 20.3 Å². The molecule has 2 aromatic rings. The van der Waals surface area contributed by atoms with Crippen LogP contribution in [0.1, 0.15) is 55.1 Å². The molecule has 3 rings (SSSR count). The summed E-state index contributed by atoms with van der Waals surface area (Å²) < 4.78 is 43.7. The lowest BCUT2D eigenvalue weighted by Gasteiger charge is -2.40. The van der Waals surface area contributed by atoms with E-state index in [4.69, 9.17) is 32.8 Å². The Morgan fingerprint density at radius 3 is 2.18 bits per heavy atom. The largest absolute Gasteiger partial charge is 0.444 e. The van der Waals surface area contributed by atoms with E-state index in [1.807, 2.05) is 0 Å². The first-order valence-corrected chi connectivity index (χ1v) is 14.3. The molecule has 0 radical (unpaired) electrons. The van der Waals surface area contributed by atoms with Crippen LogP contribution in [0.2, 0.25) is 10.0 Å². The smallest absolute Gasteiger partial charge is 0.416 e. The Kier molecular flexibility index (Phi) is 11.5. The highest BCUT2D eigenvalue weighted by Gasteiger charge is 2.43. The van der Waals surface area contributed by atoms with Crippen LogP contribution in [0, 0.1) is 5.41 Å². The molecule has 3 N–H and O–H groups in total. The van der Waals surface area contributed by atoms with E-state index in [1.165, 1.54) is 4.90 Å². The molecule has 0 spiro atoms. The summed E-state index contributed by atoms with van der Waals surface area (Å²) >= 11 is 12.3. The van der Waals surface area contributed by atoms with E-state index < -0.39 is 40.7 Å². The first kappa shape index (κ1) is 34.9. The zero-order valence-corrected chi connectivity index (χ0v) is 25.8. The van der Waals surface area contributed by atoms with Crippen molar-refractivity contribution in [2.75, 3.05) is 26.2 Å². The normalized spacial score (nSPS) is 14.9. The van der Waals surface area contributed by atoms with Crippen LogP contribution in [0.15, 0.2) is 42.5 Å². The van der Waals surface area contributed by atoms with Gasteiger partial charge in [0.1, 0.15) is 12.1 Å². The first-order chi connectivity index (χ1) is 20.5. The number of amides is 4. The summed E-state index contributed by atoms with van der Waals surface area (Å²) in [4.78, 5) is 57.6. The molecule has 1 aliphatic heterocycles. The van der Waals surface area contributed by atoms with Crippen molar-refractivity contribution in [1.82, 2.24) is 21.0 Å². The minimum atomic E-state index is -4.55. The first-order valence-electron chi connectivity index (χ1n) is 13.6. The number of hydroxylamine groups is 1. The highest BCUT2D eigenvalue weighted by Crippen LogP contribution is 2.33. The van der Waals surface area contributed by atoms with E-state index in [2.05, 4.69) is 16.1 Å². The summed E-state index contributed by atoms with van der Waals surface area (Å²) in [6, 6.07) is 8.54. The standard InChI is InChI=1S/C29H33Cl2F3N4O6/c1-27(2,3)44-26(42)36-16-22(39)38-13-11-28(12-14-38,25(41)35-15-19-5-4-6-21(30)23(19)31)17-43-37-24(40)18-7-9-20(10-8-18)29(32,33)34/h4-10H,11-17H2,1-3H3,(H,35,41)(H,36,42)(H,37,40). The molecular weight excluding hydrogens is 628 g/mol. The lowest BCUT2D eigenvalue weighted by molar-refractivity contribution is -0.146. The summed E-state index contributed by atoms with van der Waals surface area (Å²) in [7, 11) is 0. The van der Waals surface area contributed by atoms with Crippen LogP contribution < -0.4 is 16.1 Å². The number of nitrogens with zero attached hydrogens (tertiary/aromatic N) is 1. The number of alkyl carbamates (subject to hydrolysis) is 1. The fourth-order valence-electron chi connectivity index (χ4n) is 4.35. The quantitative estimate of drug-likeness (QED) is 0.321. The summed E-state index contributed by atoms with van der Waals surface area (Å²) in [5.74, 6) is -1.62. The van der Waals surface area contributed by atoms with Gasteiger partial charge in [0, 0.05) is 25.2 Å². The number of likely N-dealkylation sites (tertiary alicyclic amines) is 1. The number of hydrogen-bond acceptors (Lipinski definition) is 6. The molecule has 4 amide bonds. The second-order valence-corrected chi connectivity index (χ2v) is 12.0. The van der Waals surface area contributed by atoms with E-state index in [0.29, 0.717) is 10.6 Å². The summed E-state index contributed by atoms with van der Waals surface area (Å²) in [6.45, 7) is 4.79. The van der Waals surface area contributed by atoms with E-state index in [-0.39, 0.29) is 62.1 Å². The van der Waals surface area contributed by atoms with Gasteiger partial charge in [-0.05, 0) is 69.5 Å². The van der Waals surface area contributed by atoms with Gasteiger partial charge in [0.25, 0.3) is 5.91 Å². The van der Waals surface area contributed by atoms with Gasteiger partial charge >= 0.3 is 12.3 Å². The van der Waals surface area contributed by atoms with Crippen molar-refractivity contribution in [2.45, 2.75) is 51.9 Å². The van der Waals surface area contributed by atoms with Crippen LogP contribution in [0.4, 0.5) is 18.0 Å². The lowest BCUT2D eigenvalue weighted by Crippen LogP contribution is -2.54. The molecule has 15 heteroatoms. The molecule has 1 heterocycles. The van der Waals surface area contributed by atoms with Gasteiger partial charge in [0.2, 0.25) is 11.8 Å². The third-order valence-corrected chi connectivity index (χ3v) is 7.65. The molecule has 44 heavy (non-hydrogen) atoms. The molecule has 0 bridgehead atoms. The van der Waals surface area contributed by atoms with Gasteiger partial charge in [-0.1, -0.05) is 35.3 Å². The highest BCUT2D eigenvalue weighted by atomic mass is 35.5. The fourth-order valence-corrected chi connectivity index (χ4v) is 4.74. The average molecular weight is 662 g/mol. The number of alkyl halides is 3. The number of carbonyl (C=O) groups is 4. The van der Waals surface area contributed by atoms with Gasteiger partial charge in [0.15, 0.2) is 0 Å². The number of rotatable bonds is 9. The van der Waals surface area contributed by atoms with E-state index >= 15 is 0 Å². The minimum absolute atomic E-state index is 0.0420. The predicted molar refractivity (Wildman–Crippen MR) is 156 cm³/mol. The van der Waals surface area contributed by atoms with Crippen LogP contribution in [-0.2, 0) is 31.9 Å². The molecule has 240 valence electrons. The second-order valence-electron chi connectivity index (χ2n) is 11.2. The molecule has 0 saturated carbocycles. The Morgan fingerprint density at radius 2 is 1.59 bits per heavy atom. The number of halogens is 5. The summed E-state index contributed by atoms with van der Waals surface area (Å²) in [5.41, 5.74) is -0.174. The SMILES string of the molecule is CC(C)(C)OC(=O)NCC(=O)N1CCC(CONC(=O)c2ccc(C(F)(F)F)cc2)(C(=O)NCc2cccc(Cl)c2Cl)CC1. The van der Waals surface area contributed by atoms with Crippen LogP contribution in [0.3, 0.4) is 0 Å². The maximum Gasteiger partial charge on any atom is 0.416 e. The molecule has 1 aliphatic rings. The van der Waals surface area contributed by atoms with Crippen molar-refractivity contribution in [3.05, 3.63) is 69.2 Å². The van der Waals surface area contributed by atoms with Gasteiger partial charge in [-0.2, -0.15) is 13.2 Å². The maximum absolute atomic E-state index is 13.5. The second kappa shape index (κ2) is 14.5. The van der Waals surface area contributed by atoms with Crippen molar-refractivity contribution in [1.29, 1.82) is 0 Å². The minimum Gasteiger partial charge on any atom is -0.444 e. The maximum atomic E-state index is 13.5. The van der Waals surface area contributed by atoms with Crippen molar-refractivity contribution < 1.29 is 41.9 Å². The average Bonchev–Trinajstić information content (AvgIpc) is 2.95. The molecule has 0 aliphatic carbocycles. The highest BCUT2D eigenvalue weighted by molar-refractivity contribution is 6.42. The lowest BCUT2D eigenvalue weighted by atomic mass is 9.78. The summed E-state index contributed by atoms with van der Waals surface area (Å²) in [6.07, 6.45) is -5.02. The molecule has 0 aromatic heterocycles. The van der Waals surface area contributed by atoms with Crippen molar-refractivity contribution in [2.24, 2.45) is 5.41 Å². The Labute approximate surface area is 262 Å². The van der Waals surface area contributed by atoms with Crippen LogP contribution in [0.25, 0.3) is 0 Å². The zero-order chi connectivity index (χ0) is 32.7. The number of piperidine rings is 1. The van der Waals surface area contributed by atoms with Crippen LogP contribution in [0.5, 0.6) is 0 Å². The Bertz CT molecular complexity index is 1360.